The van der Waals surface area contributed by atoms with Crippen molar-refractivity contribution in [2.45, 2.75) is 6.54 Å². The Labute approximate surface area is 130 Å². The molecule has 0 spiro atoms. The number of ether oxygens (including phenoxy) is 1. The van der Waals surface area contributed by atoms with Gasteiger partial charge in [0, 0.05) is 11.8 Å². The van der Waals surface area contributed by atoms with E-state index < -0.39 is 5.56 Å². The fourth-order valence-electron chi connectivity index (χ4n) is 1.84. The number of benzene rings is 1. The number of halogens is 1. The number of hydrogen-bond acceptors (Lipinski definition) is 6. The quantitative estimate of drug-likeness (QED) is 0.731. The molecule has 0 bridgehead atoms. The molecule has 0 saturated heterocycles. The zero-order valence-electron chi connectivity index (χ0n) is 11.6. The van der Waals surface area contributed by atoms with Crippen LogP contribution in [0.1, 0.15) is 5.89 Å². The fraction of sp³-hybridized carbons (Fsp3) is 0.143. The first-order valence-electron chi connectivity index (χ1n) is 6.36. The van der Waals surface area contributed by atoms with E-state index in [-0.39, 0.29) is 17.5 Å². The average Bonchev–Trinajstić information content (AvgIpc) is 3.00. The Morgan fingerprint density at radius 2 is 2.05 bits per heavy atom. The van der Waals surface area contributed by atoms with Crippen LogP contribution in [-0.2, 0) is 6.54 Å². The van der Waals surface area contributed by atoms with Gasteiger partial charge in [-0.15, -0.1) is 0 Å². The summed E-state index contributed by atoms with van der Waals surface area (Å²) >= 11 is 5.76. The molecule has 0 aliphatic carbocycles. The Hall–Kier alpha value is -2.67. The van der Waals surface area contributed by atoms with Crippen LogP contribution in [0.3, 0.4) is 0 Å². The number of rotatable bonds is 4. The summed E-state index contributed by atoms with van der Waals surface area (Å²) in [6, 6.07) is 8.66. The first kappa shape index (κ1) is 14.3. The van der Waals surface area contributed by atoms with Crippen molar-refractivity contribution in [2.24, 2.45) is 0 Å². The lowest BCUT2D eigenvalue weighted by Crippen LogP contribution is -2.23. The van der Waals surface area contributed by atoms with Crippen molar-refractivity contribution >= 4 is 11.6 Å². The maximum Gasteiger partial charge on any atom is 0.285 e. The van der Waals surface area contributed by atoms with E-state index in [1.807, 2.05) is 12.1 Å². The summed E-state index contributed by atoms with van der Waals surface area (Å²) in [5, 5.41) is 7.89. The van der Waals surface area contributed by atoms with Gasteiger partial charge in [-0.05, 0) is 30.3 Å². The largest absolute Gasteiger partial charge is 0.497 e. The standard InChI is InChI=1S/C14H11ClN4O3/c1-21-10-4-2-9(3-5-10)13-17-12(22-18-13)8-19-14(20)11(15)6-7-16-19/h2-7H,8H2,1H3. The van der Waals surface area contributed by atoms with Crippen molar-refractivity contribution in [3.8, 4) is 17.1 Å². The molecule has 0 saturated carbocycles. The smallest absolute Gasteiger partial charge is 0.285 e. The van der Waals surface area contributed by atoms with E-state index in [0.717, 1.165) is 16.0 Å². The highest BCUT2D eigenvalue weighted by Gasteiger charge is 2.11. The molecule has 0 amide bonds. The summed E-state index contributed by atoms with van der Waals surface area (Å²) in [5.74, 6) is 1.43. The Kier molecular flexibility index (Phi) is 3.88. The molecule has 0 radical (unpaired) electrons. The van der Waals surface area contributed by atoms with Gasteiger partial charge >= 0.3 is 0 Å². The molecule has 3 rings (SSSR count). The third kappa shape index (κ3) is 2.84. The predicted molar refractivity (Wildman–Crippen MR) is 78.9 cm³/mol. The van der Waals surface area contributed by atoms with Crippen LogP contribution in [-0.4, -0.2) is 27.0 Å². The van der Waals surface area contributed by atoms with Crippen LogP contribution in [0.4, 0.5) is 0 Å². The number of hydrogen-bond donors (Lipinski definition) is 0. The minimum atomic E-state index is -0.409. The summed E-state index contributed by atoms with van der Waals surface area (Å²) in [6.07, 6.45) is 1.44. The summed E-state index contributed by atoms with van der Waals surface area (Å²) < 4.78 is 11.4. The molecule has 7 nitrogen and oxygen atoms in total. The number of aromatic nitrogens is 4. The lowest BCUT2D eigenvalue weighted by molar-refractivity contribution is 0.363. The Bertz CT molecular complexity index is 842. The summed E-state index contributed by atoms with van der Waals surface area (Å²) in [5.41, 5.74) is 0.371. The molecular weight excluding hydrogens is 308 g/mol. The third-order valence-electron chi connectivity index (χ3n) is 2.97. The van der Waals surface area contributed by atoms with Gasteiger partial charge in [0.25, 0.3) is 5.56 Å². The van der Waals surface area contributed by atoms with Crippen LogP contribution >= 0.6 is 11.6 Å². The van der Waals surface area contributed by atoms with Crippen molar-refractivity contribution in [2.75, 3.05) is 7.11 Å². The number of methoxy groups -OCH3 is 1. The molecule has 0 fully saturated rings. The van der Waals surface area contributed by atoms with Gasteiger partial charge in [0.05, 0.1) is 7.11 Å². The first-order chi connectivity index (χ1) is 10.7. The zero-order valence-corrected chi connectivity index (χ0v) is 12.3. The van der Waals surface area contributed by atoms with E-state index in [9.17, 15) is 4.79 Å². The van der Waals surface area contributed by atoms with E-state index in [1.54, 1.807) is 19.2 Å². The highest BCUT2D eigenvalue weighted by molar-refractivity contribution is 6.30. The van der Waals surface area contributed by atoms with Gasteiger partial charge in [-0.2, -0.15) is 10.1 Å². The van der Waals surface area contributed by atoms with Crippen LogP contribution in [0.15, 0.2) is 45.8 Å². The SMILES string of the molecule is COc1ccc(-c2noc(Cn3nccc(Cl)c3=O)n2)cc1. The highest BCUT2D eigenvalue weighted by atomic mass is 35.5. The van der Waals surface area contributed by atoms with Crippen molar-refractivity contribution in [3.05, 3.63) is 57.8 Å². The number of nitrogens with zero attached hydrogens (tertiary/aromatic N) is 4. The molecule has 0 aliphatic heterocycles. The summed E-state index contributed by atoms with van der Waals surface area (Å²) in [6.45, 7) is 0.0581. The Morgan fingerprint density at radius 3 is 2.77 bits per heavy atom. The molecule has 0 N–H and O–H groups in total. The van der Waals surface area contributed by atoms with Gasteiger partial charge in [0.15, 0.2) is 0 Å². The first-order valence-corrected chi connectivity index (χ1v) is 6.74. The van der Waals surface area contributed by atoms with Gasteiger partial charge in [0.2, 0.25) is 11.7 Å². The Balaban J connectivity index is 1.84. The molecule has 0 aliphatic rings. The summed E-state index contributed by atoms with van der Waals surface area (Å²) in [4.78, 5) is 16.0. The van der Waals surface area contributed by atoms with E-state index in [4.69, 9.17) is 20.9 Å². The van der Waals surface area contributed by atoms with Crippen LogP contribution < -0.4 is 10.3 Å². The molecular formula is C14H11ClN4O3. The molecule has 3 aromatic rings. The topological polar surface area (TPSA) is 83.0 Å². The lowest BCUT2D eigenvalue weighted by atomic mass is 10.2. The summed E-state index contributed by atoms with van der Waals surface area (Å²) in [7, 11) is 1.59. The van der Waals surface area contributed by atoms with Crippen molar-refractivity contribution in [1.82, 2.24) is 19.9 Å². The van der Waals surface area contributed by atoms with Crippen molar-refractivity contribution in [3.63, 3.8) is 0 Å². The van der Waals surface area contributed by atoms with Gasteiger partial charge in [-0.25, -0.2) is 4.68 Å². The molecule has 112 valence electrons. The molecule has 1 aromatic carbocycles. The second-order valence-corrected chi connectivity index (χ2v) is 4.79. The second kappa shape index (κ2) is 5.98. The zero-order chi connectivity index (χ0) is 15.5. The molecule has 2 aromatic heterocycles. The minimum absolute atomic E-state index is 0.0581. The second-order valence-electron chi connectivity index (χ2n) is 4.38. The van der Waals surface area contributed by atoms with E-state index in [0.29, 0.717) is 5.82 Å². The van der Waals surface area contributed by atoms with Gasteiger partial charge in [0.1, 0.15) is 17.3 Å². The van der Waals surface area contributed by atoms with E-state index >= 15 is 0 Å². The molecule has 2 heterocycles. The minimum Gasteiger partial charge on any atom is -0.497 e. The molecule has 0 unspecified atom stereocenters. The monoisotopic (exact) mass is 318 g/mol. The highest BCUT2D eigenvalue weighted by Crippen LogP contribution is 2.19. The van der Waals surface area contributed by atoms with E-state index in [2.05, 4.69) is 15.2 Å². The maximum absolute atomic E-state index is 11.8. The molecule has 22 heavy (non-hydrogen) atoms. The maximum atomic E-state index is 11.8. The average molecular weight is 319 g/mol. The van der Waals surface area contributed by atoms with Crippen LogP contribution in [0.5, 0.6) is 5.75 Å². The van der Waals surface area contributed by atoms with Gasteiger partial charge in [-0.1, -0.05) is 16.8 Å². The van der Waals surface area contributed by atoms with Crippen LogP contribution in [0, 0.1) is 0 Å². The van der Waals surface area contributed by atoms with Crippen LogP contribution in [0.25, 0.3) is 11.4 Å². The van der Waals surface area contributed by atoms with Gasteiger partial charge < -0.3 is 9.26 Å². The predicted octanol–water partition coefficient (Wildman–Crippen LogP) is 2.00. The van der Waals surface area contributed by atoms with Crippen molar-refractivity contribution < 1.29 is 9.26 Å². The normalized spacial score (nSPS) is 10.6. The lowest BCUT2D eigenvalue weighted by Gasteiger charge is -2.00. The third-order valence-corrected chi connectivity index (χ3v) is 3.25. The van der Waals surface area contributed by atoms with E-state index in [1.165, 1.54) is 12.3 Å². The molecule has 8 heteroatoms. The van der Waals surface area contributed by atoms with Gasteiger partial charge in [-0.3, -0.25) is 4.79 Å². The molecule has 0 atom stereocenters. The fourth-order valence-corrected chi connectivity index (χ4v) is 2.00. The van der Waals surface area contributed by atoms with Crippen LogP contribution in [0.2, 0.25) is 5.02 Å². The Morgan fingerprint density at radius 1 is 1.27 bits per heavy atom. The van der Waals surface area contributed by atoms with Crippen molar-refractivity contribution in [1.29, 1.82) is 0 Å².